The molecule has 0 atom stereocenters. The predicted octanol–water partition coefficient (Wildman–Crippen LogP) is 0.901. The van der Waals surface area contributed by atoms with E-state index in [-0.39, 0.29) is 17.9 Å². The number of carbonyl (C=O) groups is 2. The van der Waals surface area contributed by atoms with E-state index in [2.05, 4.69) is 14.9 Å². The average Bonchev–Trinajstić information content (AvgIpc) is 2.83. The van der Waals surface area contributed by atoms with E-state index < -0.39 is 17.4 Å². The number of aromatic nitrogens is 2. The minimum absolute atomic E-state index is 0.0668. The number of carboxylic acid groups (broad SMARTS) is 1. The van der Waals surface area contributed by atoms with Crippen molar-refractivity contribution in [1.82, 2.24) is 15.2 Å². The third-order valence-corrected chi connectivity index (χ3v) is 4.00. The summed E-state index contributed by atoms with van der Waals surface area (Å²) in [6, 6.07) is 0. The van der Waals surface area contributed by atoms with Crippen molar-refractivity contribution < 1.29 is 19.3 Å². The number of rotatable bonds is 4. The Morgan fingerprint density at radius 2 is 2.00 bits per heavy atom. The molecule has 2 rings (SSSR count). The van der Waals surface area contributed by atoms with Crippen LogP contribution in [0.5, 0.6) is 0 Å². The number of nitrogens with two attached hydrogens (primary N) is 1. The van der Waals surface area contributed by atoms with Crippen molar-refractivity contribution in [3.8, 4) is 0 Å². The summed E-state index contributed by atoms with van der Waals surface area (Å²) in [5, 5.41) is 16.0. The Kier molecular flexibility index (Phi) is 3.91. The fourth-order valence-corrected chi connectivity index (χ4v) is 2.84. The van der Waals surface area contributed by atoms with Crippen molar-refractivity contribution in [3.05, 3.63) is 5.69 Å². The van der Waals surface area contributed by atoms with E-state index in [9.17, 15) is 9.59 Å². The zero-order valence-electron chi connectivity index (χ0n) is 11.3. The first-order chi connectivity index (χ1) is 9.46. The lowest BCUT2D eigenvalue weighted by molar-refractivity contribution is -0.140. The highest BCUT2D eigenvalue weighted by atomic mass is 16.6. The van der Waals surface area contributed by atoms with Crippen LogP contribution in [0.1, 0.15) is 49.0 Å². The van der Waals surface area contributed by atoms with Gasteiger partial charge in [0.15, 0.2) is 0 Å². The van der Waals surface area contributed by atoms with Crippen molar-refractivity contribution in [3.63, 3.8) is 0 Å². The highest BCUT2D eigenvalue weighted by Gasteiger charge is 2.41. The summed E-state index contributed by atoms with van der Waals surface area (Å²) in [5.41, 5.74) is 4.77. The molecular formula is C12H18N4O4. The summed E-state index contributed by atoms with van der Waals surface area (Å²) in [4.78, 5) is 25.0. The number of nitrogen functional groups attached to an aromatic ring is 1. The molecule has 0 saturated heterocycles. The van der Waals surface area contributed by atoms with E-state index in [0.29, 0.717) is 12.8 Å². The van der Waals surface area contributed by atoms with Crippen LogP contribution in [0.4, 0.5) is 5.82 Å². The number of nitrogens with zero attached hydrogens (tertiary/aromatic N) is 3. The molecule has 1 aliphatic rings. The maximum Gasteiger partial charge on any atom is 0.305 e. The summed E-state index contributed by atoms with van der Waals surface area (Å²) in [6.07, 6.45) is 4.09. The minimum Gasteiger partial charge on any atom is -0.481 e. The molecular weight excluding hydrogens is 264 g/mol. The fourth-order valence-electron chi connectivity index (χ4n) is 2.84. The molecule has 1 fully saturated rings. The highest BCUT2D eigenvalue weighted by Crippen LogP contribution is 2.36. The smallest absolute Gasteiger partial charge is 0.305 e. The molecule has 0 radical (unpaired) electrons. The molecule has 1 aromatic heterocycles. The van der Waals surface area contributed by atoms with Crippen LogP contribution in [-0.4, -0.2) is 44.8 Å². The van der Waals surface area contributed by atoms with E-state index in [4.69, 9.17) is 10.8 Å². The highest BCUT2D eigenvalue weighted by molar-refractivity contribution is 5.96. The number of aliphatic carboxylic acids is 1. The topological polar surface area (TPSA) is 123 Å². The number of hydrogen-bond acceptors (Lipinski definition) is 6. The van der Waals surface area contributed by atoms with E-state index >= 15 is 0 Å². The Balaban J connectivity index is 2.26. The Hall–Kier alpha value is -2.12. The lowest BCUT2D eigenvalue weighted by Gasteiger charge is -2.43. The van der Waals surface area contributed by atoms with Crippen molar-refractivity contribution >= 4 is 17.7 Å². The number of carboxylic acids is 1. The van der Waals surface area contributed by atoms with Gasteiger partial charge in [-0.1, -0.05) is 19.3 Å². The van der Waals surface area contributed by atoms with Gasteiger partial charge in [0.1, 0.15) is 0 Å². The molecule has 8 heteroatoms. The number of amides is 1. The van der Waals surface area contributed by atoms with E-state index in [0.717, 1.165) is 19.3 Å². The van der Waals surface area contributed by atoms with Crippen LogP contribution < -0.4 is 5.73 Å². The van der Waals surface area contributed by atoms with E-state index in [1.54, 1.807) is 7.05 Å². The van der Waals surface area contributed by atoms with Gasteiger partial charge in [0, 0.05) is 7.05 Å². The maximum atomic E-state index is 12.4. The maximum absolute atomic E-state index is 12.4. The second-order valence-corrected chi connectivity index (χ2v) is 5.22. The van der Waals surface area contributed by atoms with Crippen LogP contribution in [-0.2, 0) is 4.79 Å². The Labute approximate surface area is 115 Å². The van der Waals surface area contributed by atoms with Crippen LogP contribution in [0.2, 0.25) is 0 Å². The van der Waals surface area contributed by atoms with Crippen molar-refractivity contribution in [2.75, 3.05) is 12.8 Å². The van der Waals surface area contributed by atoms with E-state index in [1.165, 1.54) is 4.90 Å². The zero-order valence-corrected chi connectivity index (χ0v) is 11.3. The van der Waals surface area contributed by atoms with Crippen LogP contribution in [0.3, 0.4) is 0 Å². The second kappa shape index (κ2) is 5.48. The lowest BCUT2D eigenvalue weighted by Crippen LogP contribution is -2.52. The fraction of sp³-hybridized carbons (Fsp3) is 0.667. The van der Waals surface area contributed by atoms with Crippen molar-refractivity contribution in [2.24, 2.45) is 0 Å². The average molecular weight is 282 g/mol. The van der Waals surface area contributed by atoms with Crippen molar-refractivity contribution in [1.29, 1.82) is 0 Å². The van der Waals surface area contributed by atoms with Crippen molar-refractivity contribution in [2.45, 2.75) is 44.1 Å². The SMILES string of the molecule is CN(C(=O)c1nonc1N)C1(CC(=O)O)CCCCC1. The quantitative estimate of drug-likeness (QED) is 0.841. The molecule has 1 amide bonds. The Morgan fingerprint density at radius 3 is 2.50 bits per heavy atom. The third-order valence-electron chi connectivity index (χ3n) is 4.00. The predicted molar refractivity (Wildman–Crippen MR) is 68.9 cm³/mol. The van der Waals surface area contributed by atoms with Crippen LogP contribution in [0.25, 0.3) is 0 Å². The number of anilines is 1. The van der Waals surface area contributed by atoms with Gasteiger partial charge in [-0.15, -0.1) is 0 Å². The van der Waals surface area contributed by atoms with Gasteiger partial charge in [-0.25, -0.2) is 4.63 Å². The van der Waals surface area contributed by atoms with Gasteiger partial charge in [0.2, 0.25) is 11.5 Å². The zero-order chi connectivity index (χ0) is 14.8. The van der Waals surface area contributed by atoms with Gasteiger partial charge in [-0.2, -0.15) is 0 Å². The number of hydrogen-bond donors (Lipinski definition) is 2. The van der Waals surface area contributed by atoms with Crippen LogP contribution >= 0.6 is 0 Å². The second-order valence-electron chi connectivity index (χ2n) is 5.22. The molecule has 1 aromatic rings. The molecule has 0 bridgehead atoms. The first-order valence-electron chi connectivity index (χ1n) is 6.54. The van der Waals surface area contributed by atoms with Gasteiger partial charge in [0.05, 0.1) is 12.0 Å². The Bertz CT molecular complexity index is 507. The lowest BCUT2D eigenvalue weighted by atomic mass is 9.78. The largest absolute Gasteiger partial charge is 0.481 e. The summed E-state index contributed by atoms with van der Waals surface area (Å²) in [6.45, 7) is 0. The normalized spacial score (nSPS) is 17.6. The van der Waals surface area contributed by atoms with Crippen LogP contribution in [0.15, 0.2) is 4.63 Å². The molecule has 20 heavy (non-hydrogen) atoms. The molecule has 1 saturated carbocycles. The molecule has 0 aromatic carbocycles. The van der Waals surface area contributed by atoms with Crippen LogP contribution in [0, 0.1) is 0 Å². The molecule has 1 aliphatic carbocycles. The van der Waals surface area contributed by atoms with Gasteiger partial charge in [0.25, 0.3) is 5.91 Å². The van der Waals surface area contributed by atoms with Gasteiger partial charge in [-0.3, -0.25) is 9.59 Å². The molecule has 110 valence electrons. The van der Waals surface area contributed by atoms with Gasteiger partial charge >= 0.3 is 5.97 Å². The first kappa shape index (κ1) is 14.3. The summed E-state index contributed by atoms with van der Waals surface area (Å²) in [7, 11) is 1.59. The Morgan fingerprint density at radius 1 is 1.35 bits per heavy atom. The minimum atomic E-state index is -0.919. The third kappa shape index (κ3) is 2.59. The molecule has 1 heterocycles. The van der Waals surface area contributed by atoms with Gasteiger partial charge < -0.3 is 15.7 Å². The molecule has 0 aliphatic heterocycles. The summed E-state index contributed by atoms with van der Waals surface area (Å²) >= 11 is 0. The summed E-state index contributed by atoms with van der Waals surface area (Å²) < 4.78 is 4.43. The first-order valence-corrected chi connectivity index (χ1v) is 6.54. The molecule has 0 unspecified atom stereocenters. The molecule has 0 spiro atoms. The van der Waals surface area contributed by atoms with E-state index in [1.807, 2.05) is 0 Å². The monoisotopic (exact) mass is 282 g/mol. The summed E-state index contributed by atoms with van der Waals surface area (Å²) in [5.74, 6) is -1.45. The number of carbonyl (C=O) groups excluding carboxylic acids is 1. The van der Waals surface area contributed by atoms with Gasteiger partial charge in [-0.05, 0) is 23.2 Å². The molecule has 8 nitrogen and oxygen atoms in total. The standard InChI is InChI=1S/C12H18N4O4/c1-16(11(19)9-10(13)15-20-14-9)12(7-8(17)18)5-3-2-4-6-12/h2-7H2,1H3,(H2,13,15)(H,17,18). The molecule has 3 N–H and O–H groups in total.